The summed E-state index contributed by atoms with van der Waals surface area (Å²) in [7, 11) is 0. The number of β-amino-alcohol motifs (C(OH)–C–C–N with tert-alkyl or cyclic N) is 1. The average Bonchev–Trinajstić information content (AvgIpc) is 2.76. The Balaban J connectivity index is 1.80. The molecule has 1 aromatic heterocycles. The van der Waals surface area contributed by atoms with E-state index in [1.54, 1.807) is 17.0 Å². The van der Waals surface area contributed by atoms with Gasteiger partial charge in [0.2, 0.25) is 5.88 Å². The summed E-state index contributed by atoms with van der Waals surface area (Å²) in [6, 6.07) is 3.28. The number of urea groups is 1. The molecule has 1 aromatic rings. The minimum Gasteiger partial charge on any atom is -0.434 e. The molecule has 100 valence electrons. The molecule has 7 heteroatoms. The number of aliphatic hydroxyl groups excluding tert-OH is 1. The number of amides is 2. The first-order chi connectivity index (χ1) is 8.69. The summed E-state index contributed by atoms with van der Waals surface area (Å²) in [4.78, 5) is 15.8. The molecule has 0 aliphatic carbocycles. The fraction of sp³-hybridized carbons (Fsp3) is 0.545. The van der Waals surface area contributed by atoms with Crippen molar-refractivity contribution in [2.24, 2.45) is 0 Å². The van der Waals surface area contributed by atoms with Gasteiger partial charge in [0.25, 0.3) is 0 Å². The SMILES string of the molecule is O=C(Nc1ccc(Br)o1)N1CCN(CCO)CC1. The maximum absolute atomic E-state index is 11.9. The van der Waals surface area contributed by atoms with E-state index < -0.39 is 0 Å². The molecule has 2 rings (SSSR count). The smallest absolute Gasteiger partial charge is 0.324 e. The Bertz CT molecular complexity index is 402. The van der Waals surface area contributed by atoms with Crippen molar-refractivity contribution in [1.29, 1.82) is 0 Å². The summed E-state index contributed by atoms with van der Waals surface area (Å²) in [5, 5.41) is 11.5. The highest BCUT2D eigenvalue weighted by atomic mass is 79.9. The van der Waals surface area contributed by atoms with Crippen LogP contribution in [0.4, 0.5) is 10.7 Å². The van der Waals surface area contributed by atoms with Gasteiger partial charge in [-0.05, 0) is 22.0 Å². The summed E-state index contributed by atoms with van der Waals surface area (Å²) in [6.07, 6.45) is 0. The Kier molecular flexibility index (Phi) is 4.62. The van der Waals surface area contributed by atoms with Crippen molar-refractivity contribution in [3.63, 3.8) is 0 Å². The number of rotatable bonds is 3. The average molecular weight is 318 g/mol. The van der Waals surface area contributed by atoms with Crippen LogP contribution in [0.15, 0.2) is 21.2 Å². The third-order valence-electron chi connectivity index (χ3n) is 2.88. The summed E-state index contributed by atoms with van der Waals surface area (Å²) in [5.41, 5.74) is 0. The van der Waals surface area contributed by atoms with Crippen molar-refractivity contribution in [2.75, 3.05) is 44.6 Å². The standard InChI is InChI=1S/C11H16BrN3O3/c12-9-1-2-10(18-9)13-11(17)15-5-3-14(4-6-15)7-8-16/h1-2,16H,3-8H2,(H,13,17). The predicted octanol–water partition coefficient (Wildman–Crippen LogP) is 1.18. The van der Waals surface area contributed by atoms with E-state index in [9.17, 15) is 4.79 Å². The number of nitrogens with zero attached hydrogens (tertiary/aromatic N) is 2. The molecular formula is C11H16BrN3O3. The summed E-state index contributed by atoms with van der Waals surface area (Å²) in [5.74, 6) is 0.435. The van der Waals surface area contributed by atoms with Gasteiger partial charge in [0.1, 0.15) is 0 Å². The number of anilines is 1. The van der Waals surface area contributed by atoms with Crippen LogP contribution < -0.4 is 5.32 Å². The maximum Gasteiger partial charge on any atom is 0.324 e. The first-order valence-corrected chi connectivity index (χ1v) is 6.63. The van der Waals surface area contributed by atoms with Crippen LogP contribution in [0.2, 0.25) is 0 Å². The molecule has 0 bridgehead atoms. The number of halogens is 1. The highest BCUT2D eigenvalue weighted by Gasteiger charge is 2.21. The molecule has 0 atom stereocenters. The van der Waals surface area contributed by atoms with Crippen molar-refractivity contribution in [3.05, 3.63) is 16.8 Å². The molecule has 0 spiro atoms. The Labute approximate surface area is 114 Å². The highest BCUT2D eigenvalue weighted by Crippen LogP contribution is 2.18. The molecule has 6 nitrogen and oxygen atoms in total. The van der Waals surface area contributed by atoms with Crippen LogP contribution in [0.5, 0.6) is 0 Å². The second-order valence-electron chi connectivity index (χ2n) is 4.09. The second-order valence-corrected chi connectivity index (χ2v) is 4.87. The van der Waals surface area contributed by atoms with Crippen molar-refractivity contribution in [2.45, 2.75) is 0 Å². The molecule has 0 aromatic carbocycles. The molecule has 18 heavy (non-hydrogen) atoms. The normalized spacial score (nSPS) is 16.9. The van der Waals surface area contributed by atoms with Gasteiger partial charge in [-0.3, -0.25) is 10.2 Å². The zero-order valence-electron chi connectivity index (χ0n) is 9.93. The fourth-order valence-corrected chi connectivity index (χ4v) is 2.19. The van der Waals surface area contributed by atoms with Crippen LogP contribution in [0.25, 0.3) is 0 Å². The van der Waals surface area contributed by atoms with E-state index in [2.05, 4.69) is 26.1 Å². The fourth-order valence-electron chi connectivity index (χ4n) is 1.88. The van der Waals surface area contributed by atoms with E-state index in [1.165, 1.54) is 0 Å². The van der Waals surface area contributed by atoms with Crippen molar-refractivity contribution in [1.82, 2.24) is 9.80 Å². The monoisotopic (exact) mass is 317 g/mol. The van der Waals surface area contributed by atoms with Gasteiger partial charge in [0.15, 0.2) is 4.67 Å². The lowest BCUT2D eigenvalue weighted by Crippen LogP contribution is -2.50. The molecule has 0 saturated carbocycles. The Hall–Kier alpha value is -1.05. The van der Waals surface area contributed by atoms with Gasteiger partial charge in [-0.15, -0.1) is 0 Å². The lowest BCUT2D eigenvalue weighted by Gasteiger charge is -2.34. The number of carbonyl (C=O) groups is 1. The van der Waals surface area contributed by atoms with Crippen LogP contribution in [-0.2, 0) is 0 Å². The van der Waals surface area contributed by atoms with Gasteiger partial charge in [-0.25, -0.2) is 4.79 Å². The van der Waals surface area contributed by atoms with E-state index >= 15 is 0 Å². The number of hydrogen-bond acceptors (Lipinski definition) is 4. The zero-order valence-corrected chi connectivity index (χ0v) is 11.5. The Morgan fingerprint density at radius 3 is 2.67 bits per heavy atom. The van der Waals surface area contributed by atoms with Crippen molar-refractivity contribution < 1.29 is 14.3 Å². The summed E-state index contributed by atoms with van der Waals surface area (Å²) in [6.45, 7) is 3.72. The first kappa shape index (κ1) is 13.4. The molecule has 0 unspecified atom stereocenters. The van der Waals surface area contributed by atoms with Gasteiger partial charge in [-0.2, -0.15) is 0 Å². The summed E-state index contributed by atoms with van der Waals surface area (Å²) < 4.78 is 5.81. The maximum atomic E-state index is 11.9. The largest absolute Gasteiger partial charge is 0.434 e. The van der Waals surface area contributed by atoms with Gasteiger partial charge in [-0.1, -0.05) is 0 Å². The number of carbonyl (C=O) groups excluding carboxylic acids is 1. The molecule has 0 radical (unpaired) electrons. The molecular weight excluding hydrogens is 302 g/mol. The van der Waals surface area contributed by atoms with E-state index in [4.69, 9.17) is 9.52 Å². The molecule has 2 amide bonds. The topological polar surface area (TPSA) is 69.0 Å². The van der Waals surface area contributed by atoms with Gasteiger partial charge < -0.3 is 14.4 Å². The summed E-state index contributed by atoms with van der Waals surface area (Å²) >= 11 is 3.18. The highest BCUT2D eigenvalue weighted by molar-refractivity contribution is 9.10. The van der Waals surface area contributed by atoms with Crippen LogP contribution in [-0.4, -0.2) is 60.3 Å². The Morgan fingerprint density at radius 1 is 1.39 bits per heavy atom. The molecule has 2 N–H and O–H groups in total. The minimum absolute atomic E-state index is 0.152. The minimum atomic E-state index is -0.152. The van der Waals surface area contributed by atoms with E-state index in [0.717, 1.165) is 13.1 Å². The third-order valence-corrected chi connectivity index (χ3v) is 3.31. The zero-order chi connectivity index (χ0) is 13.0. The Morgan fingerprint density at radius 2 is 2.11 bits per heavy atom. The van der Waals surface area contributed by atoms with Gasteiger partial charge in [0, 0.05) is 38.8 Å². The molecule has 1 aliphatic rings. The number of piperazine rings is 1. The molecule has 1 aliphatic heterocycles. The van der Waals surface area contributed by atoms with Crippen LogP contribution in [0, 0.1) is 0 Å². The van der Waals surface area contributed by atoms with E-state index in [1.807, 2.05) is 0 Å². The molecule has 2 heterocycles. The number of nitrogens with one attached hydrogen (secondary N) is 1. The second kappa shape index (κ2) is 6.21. The number of hydrogen-bond donors (Lipinski definition) is 2. The molecule has 1 fully saturated rings. The third kappa shape index (κ3) is 3.47. The van der Waals surface area contributed by atoms with Crippen LogP contribution >= 0.6 is 15.9 Å². The van der Waals surface area contributed by atoms with Gasteiger partial charge in [0.05, 0.1) is 6.61 Å². The number of aliphatic hydroxyl groups is 1. The van der Waals surface area contributed by atoms with E-state index in [-0.39, 0.29) is 12.6 Å². The quantitative estimate of drug-likeness (QED) is 0.878. The lowest BCUT2D eigenvalue weighted by molar-refractivity contribution is 0.127. The predicted molar refractivity (Wildman–Crippen MR) is 70.5 cm³/mol. The number of furan rings is 1. The van der Waals surface area contributed by atoms with E-state index in [0.29, 0.717) is 30.2 Å². The van der Waals surface area contributed by atoms with Crippen molar-refractivity contribution >= 4 is 27.8 Å². The van der Waals surface area contributed by atoms with Crippen molar-refractivity contribution in [3.8, 4) is 0 Å². The van der Waals surface area contributed by atoms with Crippen LogP contribution in [0.3, 0.4) is 0 Å². The first-order valence-electron chi connectivity index (χ1n) is 5.83. The molecule has 1 saturated heterocycles. The van der Waals surface area contributed by atoms with Crippen LogP contribution in [0.1, 0.15) is 0 Å². The van der Waals surface area contributed by atoms with Gasteiger partial charge >= 0.3 is 6.03 Å². The lowest BCUT2D eigenvalue weighted by atomic mass is 10.3.